The highest BCUT2D eigenvalue weighted by Gasteiger charge is 2.13. The van der Waals surface area contributed by atoms with E-state index in [1.165, 1.54) is 6.08 Å². The predicted molar refractivity (Wildman–Crippen MR) is 43.7 cm³/mol. The molecule has 0 aromatic rings. The first kappa shape index (κ1) is 10.3. The second-order valence-corrected chi connectivity index (χ2v) is 3.55. The highest BCUT2D eigenvalue weighted by Crippen LogP contribution is 1.87. The summed E-state index contributed by atoms with van der Waals surface area (Å²) in [6, 6.07) is -1.03. The van der Waals surface area contributed by atoms with Crippen molar-refractivity contribution in [3.8, 4) is 0 Å². The van der Waals surface area contributed by atoms with Gasteiger partial charge in [-0.25, -0.2) is 0 Å². The fraction of sp³-hybridized carbons (Fsp3) is 0.500. The van der Waals surface area contributed by atoms with Gasteiger partial charge in [0.25, 0.3) is 0 Å². The second kappa shape index (κ2) is 5.03. The molecule has 3 N–H and O–H groups in total. The van der Waals surface area contributed by atoms with Crippen LogP contribution in [-0.2, 0) is 15.6 Å². The number of carbonyl (C=O) groups is 1. The Hall–Kier alpha value is -0.680. The lowest BCUT2D eigenvalue weighted by Crippen LogP contribution is -2.35. The molecule has 0 heterocycles. The second-order valence-electron chi connectivity index (χ2n) is 2.01. The molecule has 0 aromatic carbocycles. The van der Waals surface area contributed by atoms with E-state index < -0.39 is 22.8 Å². The van der Waals surface area contributed by atoms with Crippen LogP contribution < -0.4 is 5.73 Å². The van der Waals surface area contributed by atoms with Crippen LogP contribution in [0.25, 0.3) is 0 Å². The van der Waals surface area contributed by atoms with E-state index in [2.05, 4.69) is 6.58 Å². The number of aliphatic carboxylic acids is 1. The summed E-state index contributed by atoms with van der Waals surface area (Å²) in [6.45, 7) is 3.37. The van der Waals surface area contributed by atoms with Crippen molar-refractivity contribution in [2.75, 3.05) is 11.5 Å². The molecule has 0 rings (SSSR count). The topological polar surface area (TPSA) is 80.4 Å². The van der Waals surface area contributed by atoms with E-state index in [1.807, 2.05) is 0 Å². The third-order valence-corrected chi connectivity index (χ3v) is 2.32. The van der Waals surface area contributed by atoms with Crippen molar-refractivity contribution in [2.45, 2.75) is 6.04 Å². The predicted octanol–water partition coefficient (Wildman–Crippen LogP) is -0.667. The number of hydrogen-bond acceptors (Lipinski definition) is 3. The van der Waals surface area contributed by atoms with Crippen LogP contribution in [0.3, 0.4) is 0 Å². The van der Waals surface area contributed by atoms with E-state index in [9.17, 15) is 9.00 Å². The highest BCUT2D eigenvalue weighted by molar-refractivity contribution is 7.85. The Kier molecular flexibility index (Phi) is 4.72. The standard InChI is InChI=1S/C6H11NO3S/c1-2-3-11(10)4-5(7)6(8)9/h2,5H,1,3-4,7H2,(H,8,9). The van der Waals surface area contributed by atoms with E-state index in [0.29, 0.717) is 5.75 Å². The van der Waals surface area contributed by atoms with Crippen LogP contribution in [0, 0.1) is 0 Å². The van der Waals surface area contributed by atoms with E-state index >= 15 is 0 Å². The van der Waals surface area contributed by atoms with Gasteiger partial charge in [0.2, 0.25) is 0 Å². The summed E-state index contributed by atoms with van der Waals surface area (Å²) in [7, 11) is -1.19. The van der Waals surface area contributed by atoms with Crippen molar-refractivity contribution in [2.24, 2.45) is 5.73 Å². The molecule has 0 spiro atoms. The van der Waals surface area contributed by atoms with Crippen LogP contribution in [0.4, 0.5) is 0 Å². The van der Waals surface area contributed by atoms with Crippen molar-refractivity contribution in [3.63, 3.8) is 0 Å². The molecule has 0 aromatic heterocycles. The molecule has 0 aliphatic heterocycles. The van der Waals surface area contributed by atoms with Crippen molar-refractivity contribution in [1.82, 2.24) is 0 Å². The number of rotatable bonds is 5. The van der Waals surface area contributed by atoms with Crippen molar-refractivity contribution in [1.29, 1.82) is 0 Å². The largest absolute Gasteiger partial charge is 0.480 e. The molecule has 2 unspecified atom stereocenters. The van der Waals surface area contributed by atoms with E-state index in [0.717, 1.165) is 0 Å². The van der Waals surface area contributed by atoms with Gasteiger partial charge in [0, 0.05) is 22.3 Å². The molecule has 11 heavy (non-hydrogen) atoms. The maximum Gasteiger partial charge on any atom is 0.321 e. The summed E-state index contributed by atoms with van der Waals surface area (Å²) in [5.74, 6) is -0.843. The minimum Gasteiger partial charge on any atom is -0.480 e. The van der Waals surface area contributed by atoms with Gasteiger partial charge >= 0.3 is 5.97 Å². The molecule has 2 atom stereocenters. The Balaban J connectivity index is 3.74. The smallest absolute Gasteiger partial charge is 0.321 e. The van der Waals surface area contributed by atoms with Crippen LogP contribution in [0.2, 0.25) is 0 Å². The third kappa shape index (κ3) is 4.69. The molecule has 0 bridgehead atoms. The Morgan fingerprint density at radius 1 is 1.82 bits per heavy atom. The normalized spacial score (nSPS) is 15.4. The SMILES string of the molecule is C=CCS(=O)CC(N)C(=O)O. The summed E-state index contributed by atoms with van der Waals surface area (Å²) in [4.78, 5) is 10.2. The third-order valence-electron chi connectivity index (χ3n) is 0.986. The van der Waals surface area contributed by atoms with Crippen molar-refractivity contribution >= 4 is 16.8 Å². The first-order valence-electron chi connectivity index (χ1n) is 3.02. The number of carboxylic acid groups (broad SMARTS) is 1. The zero-order valence-electron chi connectivity index (χ0n) is 6.03. The molecule has 0 aliphatic carbocycles. The molecule has 0 fully saturated rings. The lowest BCUT2D eigenvalue weighted by Gasteiger charge is -2.03. The Morgan fingerprint density at radius 2 is 2.36 bits per heavy atom. The summed E-state index contributed by atoms with van der Waals surface area (Å²) in [5, 5.41) is 8.31. The monoisotopic (exact) mass is 177 g/mol. The summed E-state index contributed by atoms with van der Waals surface area (Å²) < 4.78 is 10.9. The maximum absolute atomic E-state index is 10.9. The van der Waals surface area contributed by atoms with Crippen LogP contribution in [0.15, 0.2) is 12.7 Å². The highest BCUT2D eigenvalue weighted by atomic mass is 32.2. The molecular weight excluding hydrogens is 166 g/mol. The lowest BCUT2D eigenvalue weighted by molar-refractivity contribution is -0.137. The molecular formula is C6H11NO3S. The molecule has 64 valence electrons. The van der Waals surface area contributed by atoms with E-state index in [4.69, 9.17) is 10.8 Å². The van der Waals surface area contributed by atoms with Gasteiger partial charge in [-0.15, -0.1) is 6.58 Å². The van der Waals surface area contributed by atoms with Crippen molar-refractivity contribution in [3.05, 3.63) is 12.7 Å². The number of nitrogens with two attached hydrogens (primary N) is 1. The average molecular weight is 177 g/mol. The van der Waals surface area contributed by atoms with Crippen molar-refractivity contribution < 1.29 is 14.1 Å². The van der Waals surface area contributed by atoms with Gasteiger partial charge in [-0.1, -0.05) is 6.08 Å². The zero-order chi connectivity index (χ0) is 8.85. The fourth-order valence-electron chi connectivity index (χ4n) is 0.471. The Bertz CT molecular complexity index is 181. The van der Waals surface area contributed by atoms with E-state index in [1.54, 1.807) is 0 Å². The fourth-order valence-corrected chi connectivity index (χ4v) is 1.41. The molecule has 0 saturated carbocycles. The van der Waals surface area contributed by atoms with Crippen LogP contribution in [-0.4, -0.2) is 32.8 Å². The summed E-state index contributed by atoms with van der Waals surface area (Å²) in [6.07, 6.45) is 1.48. The minimum absolute atomic E-state index is 0.0125. The molecule has 0 amide bonds. The van der Waals surface area contributed by atoms with Gasteiger partial charge in [0.05, 0.1) is 0 Å². The zero-order valence-corrected chi connectivity index (χ0v) is 6.84. The first-order chi connectivity index (χ1) is 5.07. The van der Waals surface area contributed by atoms with E-state index in [-0.39, 0.29) is 5.75 Å². The molecule has 0 saturated heterocycles. The lowest BCUT2D eigenvalue weighted by atomic mass is 10.4. The number of hydrogen-bond donors (Lipinski definition) is 2. The van der Waals surface area contributed by atoms with Gasteiger partial charge in [-0.3, -0.25) is 9.00 Å². The summed E-state index contributed by atoms with van der Waals surface area (Å²) >= 11 is 0. The van der Waals surface area contributed by atoms with Gasteiger partial charge in [0.1, 0.15) is 6.04 Å². The Morgan fingerprint density at radius 3 is 2.73 bits per heavy atom. The van der Waals surface area contributed by atoms with Crippen LogP contribution in [0.5, 0.6) is 0 Å². The van der Waals surface area contributed by atoms with Gasteiger partial charge in [-0.05, 0) is 0 Å². The first-order valence-corrected chi connectivity index (χ1v) is 4.51. The number of carboxylic acids is 1. The molecule has 0 radical (unpaired) electrons. The van der Waals surface area contributed by atoms with Crippen LogP contribution >= 0.6 is 0 Å². The Labute approximate surface area is 67.5 Å². The molecule has 5 heteroatoms. The minimum atomic E-state index is -1.19. The molecule has 0 aliphatic rings. The van der Waals surface area contributed by atoms with Crippen LogP contribution in [0.1, 0.15) is 0 Å². The van der Waals surface area contributed by atoms with Gasteiger partial charge < -0.3 is 10.8 Å². The van der Waals surface area contributed by atoms with Gasteiger partial charge in [0.15, 0.2) is 0 Å². The average Bonchev–Trinajstić information content (AvgIpc) is 1.87. The quantitative estimate of drug-likeness (QED) is 0.546. The molecule has 4 nitrogen and oxygen atoms in total. The summed E-state index contributed by atoms with van der Waals surface area (Å²) in [5.41, 5.74) is 5.12. The maximum atomic E-state index is 10.9. The van der Waals surface area contributed by atoms with Gasteiger partial charge in [-0.2, -0.15) is 0 Å².